The van der Waals surface area contributed by atoms with Crippen LogP contribution in [0.2, 0.25) is 0 Å². The van der Waals surface area contributed by atoms with Crippen molar-refractivity contribution in [2.75, 3.05) is 6.54 Å². The number of imidazole rings is 1. The van der Waals surface area contributed by atoms with Gasteiger partial charge in [-0.3, -0.25) is 0 Å². The minimum absolute atomic E-state index is 0.000107. The zero-order valence-electron chi connectivity index (χ0n) is 9.33. The highest BCUT2D eigenvalue weighted by Gasteiger charge is 2.41. The quantitative estimate of drug-likeness (QED) is 0.871. The second-order valence-electron chi connectivity index (χ2n) is 3.98. The van der Waals surface area contributed by atoms with Crippen molar-refractivity contribution in [3.05, 3.63) is 18.2 Å². The summed E-state index contributed by atoms with van der Waals surface area (Å²) in [6.07, 6.45) is -1.66. The minimum atomic E-state index is -4.29. The van der Waals surface area contributed by atoms with E-state index in [0.29, 0.717) is 5.82 Å². The lowest BCUT2D eigenvalue weighted by Crippen LogP contribution is -2.29. The standard InChI is InChI=1S/C10H16F3N3/c1-7(2)9-15-5-6-16(9)8(3-4-14)10(11,12)13/h5-8H,3-4,14H2,1-2H3. The van der Waals surface area contributed by atoms with Crippen LogP contribution in [0.15, 0.2) is 12.4 Å². The lowest BCUT2D eigenvalue weighted by molar-refractivity contribution is -0.169. The third-order valence-corrected chi connectivity index (χ3v) is 2.37. The summed E-state index contributed by atoms with van der Waals surface area (Å²) in [6, 6.07) is -1.57. The Morgan fingerprint density at radius 2 is 2.06 bits per heavy atom. The monoisotopic (exact) mass is 235 g/mol. The van der Waals surface area contributed by atoms with Crippen molar-refractivity contribution in [3.8, 4) is 0 Å². The molecule has 0 aromatic carbocycles. The van der Waals surface area contributed by atoms with Gasteiger partial charge in [-0.1, -0.05) is 13.8 Å². The molecule has 0 saturated carbocycles. The third kappa shape index (κ3) is 2.75. The first-order valence-electron chi connectivity index (χ1n) is 5.17. The molecule has 0 aliphatic heterocycles. The van der Waals surface area contributed by atoms with Crippen molar-refractivity contribution in [2.24, 2.45) is 5.73 Å². The summed E-state index contributed by atoms with van der Waals surface area (Å²) in [5.74, 6) is 0.397. The normalized spacial score (nSPS) is 14.4. The third-order valence-electron chi connectivity index (χ3n) is 2.37. The maximum Gasteiger partial charge on any atom is 0.409 e. The van der Waals surface area contributed by atoms with Crippen molar-refractivity contribution < 1.29 is 13.2 Å². The van der Waals surface area contributed by atoms with E-state index in [9.17, 15) is 13.2 Å². The van der Waals surface area contributed by atoms with E-state index in [1.165, 1.54) is 17.0 Å². The van der Waals surface area contributed by atoms with Gasteiger partial charge >= 0.3 is 6.18 Å². The largest absolute Gasteiger partial charge is 0.409 e. The van der Waals surface area contributed by atoms with Crippen LogP contribution < -0.4 is 5.73 Å². The molecule has 3 nitrogen and oxygen atoms in total. The molecule has 1 aromatic rings. The van der Waals surface area contributed by atoms with Gasteiger partial charge in [0.25, 0.3) is 0 Å². The van der Waals surface area contributed by atoms with Gasteiger partial charge in [0.2, 0.25) is 0 Å². The van der Waals surface area contributed by atoms with Crippen molar-refractivity contribution in [1.29, 1.82) is 0 Å². The van der Waals surface area contributed by atoms with Crippen LogP contribution in [0, 0.1) is 0 Å². The molecular formula is C10H16F3N3. The summed E-state index contributed by atoms with van der Waals surface area (Å²) < 4.78 is 39.6. The second-order valence-corrected chi connectivity index (χ2v) is 3.98. The molecule has 0 aliphatic rings. The second kappa shape index (κ2) is 4.86. The average Bonchev–Trinajstić information content (AvgIpc) is 2.60. The molecule has 1 atom stereocenters. The highest BCUT2D eigenvalue weighted by molar-refractivity contribution is 5.01. The number of nitrogens with two attached hydrogens (primary N) is 1. The van der Waals surface area contributed by atoms with E-state index in [2.05, 4.69) is 4.98 Å². The Hall–Kier alpha value is -1.04. The molecule has 0 bridgehead atoms. The summed E-state index contributed by atoms with van der Waals surface area (Å²) >= 11 is 0. The maximum atomic E-state index is 12.8. The first-order valence-corrected chi connectivity index (χ1v) is 5.17. The van der Waals surface area contributed by atoms with E-state index in [4.69, 9.17) is 5.73 Å². The predicted octanol–water partition coefficient (Wildman–Crippen LogP) is 2.46. The van der Waals surface area contributed by atoms with Gasteiger partial charge in [0.05, 0.1) is 0 Å². The van der Waals surface area contributed by atoms with Crippen LogP contribution in [-0.2, 0) is 0 Å². The van der Waals surface area contributed by atoms with Gasteiger partial charge in [0, 0.05) is 18.3 Å². The number of nitrogens with zero attached hydrogens (tertiary/aromatic N) is 2. The lowest BCUT2D eigenvalue weighted by atomic mass is 10.1. The number of hydrogen-bond donors (Lipinski definition) is 1. The molecule has 1 rings (SSSR count). The molecule has 0 amide bonds. The predicted molar refractivity (Wildman–Crippen MR) is 55.1 cm³/mol. The van der Waals surface area contributed by atoms with E-state index >= 15 is 0 Å². The molecule has 0 spiro atoms. The molecule has 1 unspecified atom stereocenters. The Morgan fingerprint density at radius 1 is 1.44 bits per heavy atom. The van der Waals surface area contributed by atoms with Gasteiger partial charge in [0.15, 0.2) is 0 Å². The number of rotatable bonds is 4. The molecule has 1 heterocycles. The molecule has 92 valence electrons. The van der Waals surface area contributed by atoms with Crippen molar-refractivity contribution in [3.63, 3.8) is 0 Å². The fraction of sp³-hybridized carbons (Fsp3) is 0.700. The Bertz CT molecular complexity index is 330. The molecule has 0 radical (unpaired) electrons. The van der Waals surface area contributed by atoms with Gasteiger partial charge in [-0.15, -0.1) is 0 Å². The molecule has 0 saturated heterocycles. The zero-order chi connectivity index (χ0) is 12.3. The fourth-order valence-corrected chi connectivity index (χ4v) is 1.65. The SMILES string of the molecule is CC(C)c1nccn1C(CCN)C(F)(F)F. The minimum Gasteiger partial charge on any atom is -0.330 e. The van der Waals surface area contributed by atoms with Crippen LogP contribution in [-0.4, -0.2) is 22.3 Å². The Labute approximate surface area is 92.5 Å². The van der Waals surface area contributed by atoms with Gasteiger partial charge < -0.3 is 10.3 Å². The molecular weight excluding hydrogens is 219 g/mol. The first kappa shape index (κ1) is 13.0. The first-order chi connectivity index (χ1) is 7.38. The van der Waals surface area contributed by atoms with Crippen LogP contribution in [0.3, 0.4) is 0 Å². The van der Waals surface area contributed by atoms with Crippen LogP contribution in [0.1, 0.15) is 38.1 Å². The van der Waals surface area contributed by atoms with Crippen LogP contribution in [0.5, 0.6) is 0 Å². The Morgan fingerprint density at radius 3 is 2.50 bits per heavy atom. The Balaban J connectivity index is 3.06. The van der Waals surface area contributed by atoms with Crippen molar-refractivity contribution in [1.82, 2.24) is 9.55 Å². The van der Waals surface area contributed by atoms with Gasteiger partial charge in [-0.2, -0.15) is 13.2 Å². The molecule has 6 heteroatoms. The topological polar surface area (TPSA) is 43.8 Å². The van der Waals surface area contributed by atoms with Gasteiger partial charge in [-0.05, 0) is 13.0 Å². The summed E-state index contributed by atoms with van der Waals surface area (Å²) in [5, 5.41) is 0. The van der Waals surface area contributed by atoms with E-state index in [-0.39, 0.29) is 18.9 Å². The summed E-state index contributed by atoms with van der Waals surface area (Å²) in [7, 11) is 0. The summed E-state index contributed by atoms with van der Waals surface area (Å²) in [6.45, 7) is 3.63. The van der Waals surface area contributed by atoms with Gasteiger partial charge in [-0.25, -0.2) is 4.98 Å². The number of alkyl halides is 3. The highest BCUT2D eigenvalue weighted by atomic mass is 19.4. The van der Waals surface area contributed by atoms with E-state index in [1.54, 1.807) is 0 Å². The maximum absolute atomic E-state index is 12.8. The summed E-state index contributed by atoms with van der Waals surface area (Å²) in [5.41, 5.74) is 5.22. The lowest BCUT2D eigenvalue weighted by Gasteiger charge is -2.23. The molecule has 16 heavy (non-hydrogen) atoms. The zero-order valence-corrected chi connectivity index (χ0v) is 9.33. The summed E-state index contributed by atoms with van der Waals surface area (Å²) in [4.78, 5) is 3.95. The van der Waals surface area contributed by atoms with Crippen molar-refractivity contribution in [2.45, 2.75) is 38.4 Å². The fourth-order valence-electron chi connectivity index (χ4n) is 1.65. The Kier molecular flexibility index (Phi) is 3.96. The highest BCUT2D eigenvalue weighted by Crippen LogP contribution is 2.34. The van der Waals surface area contributed by atoms with E-state index in [1.807, 2.05) is 13.8 Å². The number of hydrogen-bond acceptors (Lipinski definition) is 2. The van der Waals surface area contributed by atoms with Crippen LogP contribution in [0.4, 0.5) is 13.2 Å². The van der Waals surface area contributed by atoms with Crippen molar-refractivity contribution >= 4 is 0 Å². The smallest absolute Gasteiger partial charge is 0.330 e. The number of halogens is 3. The van der Waals surface area contributed by atoms with E-state index in [0.717, 1.165) is 0 Å². The van der Waals surface area contributed by atoms with E-state index < -0.39 is 12.2 Å². The molecule has 0 fully saturated rings. The van der Waals surface area contributed by atoms with Crippen LogP contribution in [0.25, 0.3) is 0 Å². The molecule has 1 aromatic heterocycles. The van der Waals surface area contributed by atoms with Crippen LogP contribution >= 0.6 is 0 Å². The molecule has 0 aliphatic carbocycles. The number of aromatic nitrogens is 2. The molecule has 2 N–H and O–H groups in total. The van der Waals surface area contributed by atoms with Gasteiger partial charge in [0.1, 0.15) is 11.9 Å². The average molecular weight is 235 g/mol.